The van der Waals surface area contributed by atoms with Crippen molar-refractivity contribution in [3.05, 3.63) is 12.2 Å². The van der Waals surface area contributed by atoms with Crippen LogP contribution in [-0.4, -0.2) is 36.5 Å². The molecule has 1 saturated heterocycles. The first-order valence-corrected chi connectivity index (χ1v) is 7.97. The highest BCUT2D eigenvalue weighted by atomic mass is 32.2. The number of ether oxygens (including phenoxy) is 2. The molecule has 3 fully saturated rings. The van der Waals surface area contributed by atoms with Gasteiger partial charge >= 0.3 is 11.9 Å². The second-order valence-corrected chi connectivity index (χ2v) is 6.55. The Kier molecular flexibility index (Phi) is 4.24. The van der Waals surface area contributed by atoms with Crippen LogP contribution < -0.4 is 0 Å². The predicted molar refractivity (Wildman–Crippen MR) is 73.8 cm³/mol. The summed E-state index contributed by atoms with van der Waals surface area (Å²) < 4.78 is 15.4. The minimum absolute atomic E-state index is 0.0778. The van der Waals surface area contributed by atoms with Crippen LogP contribution in [-0.2, 0) is 28.3 Å². The van der Waals surface area contributed by atoms with E-state index in [-0.39, 0.29) is 30.7 Å². The van der Waals surface area contributed by atoms with Crippen LogP contribution in [0.2, 0.25) is 0 Å². The van der Waals surface area contributed by atoms with Crippen molar-refractivity contribution >= 4 is 24.0 Å². The Balaban J connectivity index is 1.33. The van der Waals surface area contributed by atoms with Crippen molar-refractivity contribution in [2.45, 2.75) is 32.0 Å². The highest BCUT2D eigenvalue weighted by molar-refractivity contribution is 7.94. The van der Waals surface area contributed by atoms with Crippen LogP contribution in [0.5, 0.6) is 0 Å². The summed E-state index contributed by atoms with van der Waals surface area (Å²) in [6.07, 6.45) is 1.51. The van der Waals surface area contributed by atoms with Gasteiger partial charge in [0.25, 0.3) is 0 Å². The number of hydrogen-bond acceptors (Lipinski definition) is 7. The largest absolute Gasteiger partial charge is 0.461 e. The zero-order chi connectivity index (χ0) is 15.0. The molecule has 116 valence electrons. The molecule has 2 aliphatic carbocycles. The van der Waals surface area contributed by atoms with Gasteiger partial charge in [-0.05, 0) is 25.7 Å². The second kappa shape index (κ2) is 5.98. The lowest BCUT2D eigenvalue weighted by Gasteiger charge is -2.23. The molecule has 2 bridgehead atoms. The molecule has 2 saturated carbocycles. The lowest BCUT2D eigenvalue weighted by atomic mass is 9.88. The average molecular weight is 314 g/mol. The maximum absolute atomic E-state index is 11.6. The Labute approximate surface area is 127 Å². The van der Waals surface area contributed by atoms with E-state index in [0.29, 0.717) is 23.2 Å². The highest BCUT2D eigenvalue weighted by Crippen LogP contribution is 2.55. The molecule has 21 heavy (non-hydrogen) atoms. The lowest BCUT2D eigenvalue weighted by molar-refractivity contribution is -0.260. The molecule has 1 heterocycles. The summed E-state index contributed by atoms with van der Waals surface area (Å²) in [5.74, 6) is 0.698. The van der Waals surface area contributed by atoms with E-state index in [1.54, 1.807) is 6.92 Å². The molecular weight excluding hydrogens is 296 g/mol. The third kappa shape index (κ3) is 2.82. The fourth-order valence-electron chi connectivity index (χ4n) is 3.43. The smallest absolute Gasteiger partial charge is 0.333 e. The molecule has 0 aromatic heterocycles. The summed E-state index contributed by atoms with van der Waals surface area (Å²) in [6.45, 7) is 5.32. The highest BCUT2D eigenvalue weighted by Gasteiger charge is 2.63. The number of fused-ring (bicyclic) bond motifs is 1. The number of carbonyl (C=O) groups is 2. The molecule has 0 aromatic carbocycles. The van der Waals surface area contributed by atoms with Crippen LogP contribution in [0.15, 0.2) is 12.2 Å². The maximum Gasteiger partial charge on any atom is 0.333 e. The molecule has 1 aliphatic heterocycles. The van der Waals surface area contributed by atoms with Gasteiger partial charge in [-0.15, -0.1) is 0 Å². The minimum atomic E-state index is -0.409. The number of hydrogen-bond donors (Lipinski definition) is 0. The number of carbonyl (C=O) groups excluding carboxylic acids is 2. The Morgan fingerprint density at radius 3 is 3.05 bits per heavy atom. The van der Waals surface area contributed by atoms with Crippen molar-refractivity contribution in [1.29, 1.82) is 0 Å². The summed E-state index contributed by atoms with van der Waals surface area (Å²) in [7, 11) is 0. The fourth-order valence-corrected chi connectivity index (χ4v) is 3.80. The SMILES string of the molecule is C=C(C)C(=O)OCCSOOC1C2CC3C(=O)OC1C3C2. The molecule has 0 N–H and O–H groups in total. The molecule has 3 rings (SSSR count). The van der Waals surface area contributed by atoms with E-state index in [2.05, 4.69) is 6.58 Å². The van der Waals surface area contributed by atoms with Crippen molar-refractivity contribution in [3.8, 4) is 0 Å². The zero-order valence-corrected chi connectivity index (χ0v) is 12.6. The van der Waals surface area contributed by atoms with Crippen LogP contribution in [0.25, 0.3) is 0 Å². The zero-order valence-electron chi connectivity index (χ0n) is 11.8. The standard InChI is InChI=1S/C14H18O6S/c1-7(2)13(15)17-3-4-21-20-19-11-8-5-9-10(6-8)14(16)18-12(9)11/h8-12H,1,3-6H2,2H3. The molecule has 6 nitrogen and oxygen atoms in total. The number of esters is 2. The van der Waals surface area contributed by atoms with Crippen molar-refractivity contribution in [1.82, 2.24) is 0 Å². The molecule has 5 atom stereocenters. The van der Waals surface area contributed by atoms with Crippen molar-refractivity contribution in [2.24, 2.45) is 17.8 Å². The van der Waals surface area contributed by atoms with E-state index in [9.17, 15) is 9.59 Å². The Hall–Kier alpha value is -1.05. The van der Waals surface area contributed by atoms with E-state index < -0.39 is 5.97 Å². The normalized spacial score (nSPS) is 35.9. The van der Waals surface area contributed by atoms with Gasteiger partial charge in [-0.3, -0.25) is 4.79 Å². The van der Waals surface area contributed by atoms with Crippen LogP contribution in [0.1, 0.15) is 19.8 Å². The van der Waals surface area contributed by atoms with E-state index >= 15 is 0 Å². The average Bonchev–Trinajstić information content (AvgIpc) is 3.05. The topological polar surface area (TPSA) is 71.1 Å². The summed E-state index contributed by atoms with van der Waals surface area (Å²) >= 11 is 1.08. The Morgan fingerprint density at radius 1 is 1.48 bits per heavy atom. The first-order valence-electron chi connectivity index (χ1n) is 7.06. The van der Waals surface area contributed by atoms with Gasteiger partial charge in [-0.1, -0.05) is 6.58 Å². The van der Waals surface area contributed by atoms with E-state index in [1.165, 1.54) is 0 Å². The fraction of sp³-hybridized carbons (Fsp3) is 0.714. The summed E-state index contributed by atoms with van der Waals surface area (Å²) in [5.41, 5.74) is 0.372. The maximum atomic E-state index is 11.6. The second-order valence-electron chi connectivity index (χ2n) is 5.77. The summed E-state index contributed by atoms with van der Waals surface area (Å²) in [5, 5.41) is 0. The van der Waals surface area contributed by atoms with Crippen LogP contribution >= 0.6 is 12.0 Å². The van der Waals surface area contributed by atoms with Gasteiger partial charge in [0, 0.05) is 23.5 Å². The van der Waals surface area contributed by atoms with Gasteiger partial charge in [-0.2, -0.15) is 4.33 Å². The molecule has 3 aliphatic rings. The monoisotopic (exact) mass is 314 g/mol. The van der Waals surface area contributed by atoms with Gasteiger partial charge in [0.15, 0.2) is 0 Å². The molecule has 7 heteroatoms. The summed E-state index contributed by atoms with van der Waals surface area (Å²) in [4.78, 5) is 28.1. The van der Waals surface area contributed by atoms with E-state index in [0.717, 1.165) is 24.9 Å². The van der Waals surface area contributed by atoms with Crippen LogP contribution in [0, 0.1) is 17.8 Å². The molecular formula is C14H18O6S. The molecule has 0 aromatic rings. The van der Waals surface area contributed by atoms with Gasteiger partial charge in [0.05, 0.1) is 11.7 Å². The van der Waals surface area contributed by atoms with Crippen LogP contribution in [0.4, 0.5) is 0 Å². The Morgan fingerprint density at radius 2 is 2.29 bits per heavy atom. The van der Waals surface area contributed by atoms with E-state index in [1.807, 2.05) is 0 Å². The molecule has 0 radical (unpaired) electrons. The first kappa shape index (κ1) is 14.9. The minimum Gasteiger partial charge on any atom is -0.461 e. The van der Waals surface area contributed by atoms with Crippen molar-refractivity contribution in [2.75, 3.05) is 12.4 Å². The quantitative estimate of drug-likeness (QED) is 0.177. The van der Waals surface area contributed by atoms with Crippen LogP contribution in [0.3, 0.4) is 0 Å². The van der Waals surface area contributed by atoms with Gasteiger partial charge in [0.1, 0.15) is 18.8 Å². The van der Waals surface area contributed by atoms with Gasteiger partial charge in [0.2, 0.25) is 0 Å². The predicted octanol–water partition coefficient (Wildman–Crippen LogP) is 1.65. The molecule has 5 unspecified atom stereocenters. The first-order chi connectivity index (χ1) is 10.1. The third-order valence-corrected chi connectivity index (χ3v) is 4.87. The van der Waals surface area contributed by atoms with E-state index in [4.69, 9.17) is 18.7 Å². The summed E-state index contributed by atoms with van der Waals surface area (Å²) in [6, 6.07) is 0. The van der Waals surface area contributed by atoms with Gasteiger partial charge in [-0.25, -0.2) is 9.68 Å². The lowest BCUT2D eigenvalue weighted by Crippen LogP contribution is -2.33. The number of rotatable bonds is 7. The van der Waals surface area contributed by atoms with Crippen molar-refractivity contribution < 1.29 is 28.3 Å². The molecule has 0 amide bonds. The third-order valence-electron chi connectivity index (χ3n) is 4.36. The molecule has 0 spiro atoms. The van der Waals surface area contributed by atoms with Crippen molar-refractivity contribution in [3.63, 3.8) is 0 Å². The Bertz CT molecular complexity index is 464. The van der Waals surface area contributed by atoms with Gasteiger partial charge < -0.3 is 9.47 Å².